The van der Waals surface area contributed by atoms with Gasteiger partial charge in [0.25, 0.3) is 0 Å². The standard InChI is InChI=1S/C17H17N3/c1-12-2-4-15(5-3-12)20-7-6-16-14(11-19)8-13(10-18)9-17(16)20/h6-9,12,15H,2-5H2,1H3. The Hall–Kier alpha value is -2.26. The SMILES string of the molecule is CC1CCC(n2ccc3c(C#N)cc(C#N)cc32)CC1. The van der Waals surface area contributed by atoms with Crippen LogP contribution in [0, 0.1) is 28.6 Å². The second-order valence-corrected chi connectivity index (χ2v) is 5.82. The molecule has 1 aliphatic rings. The molecular formula is C17H17N3. The summed E-state index contributed by atoms with van der Waals surface area (Å²) in [7, 11) is 0. The number of nitriles is 2. The van der Waals surface area contributed by atoms with Crippen LogP contribution in [0.25, 0.3) is 10.9 Å². The van der Waals surface area contributed by atoms with E-state index in [1.165, 1.54) is 25.7 Å². The van der Waals surface area contributed by atoms with Gasteiger partial charge >= 0.3 is 0 Å². The van der Waals surface area contributed by atoms with Gasteiger partial charge in [0.2, 0.25) is 0 Å². The van der Waals surface area contributed by atoms with Gasteiger partial charge < -0.3 is 4.57 Å². The van der Waals surface area contributed by atoms with Gasteiger partial charge in [0.1, 0.15) is 0 Å². The Morgan fingerprint density at radius 1 is 1.10 bits per heavy atom. The molecule has 2 aromatic rings. The highest BCUT2D eigenvalue weighted by molar-refractivity contribution is 5.87. The molecule has 1 aromatic carbocycles. The van der Waals surface area contributed by atoms with Crippen molar-refractivity contribution in [2.24, 2.45) is 5.92 Å². The average Bonchev–Trinajstić information content (AvgIpc) is 2.90. The maximum atomic E-state index is 9.24. The third kappa shape index (κ3) is 2.06. The summed E-state index contributed by atoms with van der Waals surface area (Å²) >= 11 is 0. The summed E-state index contributed by atoms with van der Waals surface area (Å²) in [6.45, 7) is 2.31. The van der Waals surface area contributed by atoms with Gasteiger partial charge in [-0.15, -0.1) is 0 Å². The molecule has 0 atom stereocenters. The molecular weight excluding hydrogens is 246 g/mol. The minimum absolute atomic E-state index is 0.504. The van der Waals surface area contributed by atoms with Crippen molar-refractivity contribution in [1.29, 1.82) is 10.5 Å². The lowest BCUT2D eigenvalue weighted by molar-refractivity contribution is 0.294. The van der Waals surface area contributed by atoms with E-state index in [0.717, 1.165) is 16.8 Å². The van der Waals surface area contributed by atoms with E-state index in [1.54, 1.807) is 6.07 Å². The minimum atomic E-state index is 0.504. The number of aromatic nitrogens is 1. The maximum Gasteiger partial charge on any atom is 0.0999 e. The van der Waals surface area contributed by atoms with Crippen LogP contribution in [0.4, 0.5) is 0 Å². The number of nitrogens with zero attached hydrogens (tertiary/aromatic N) is 3. The summed E-state index contributed by atoms with van der Waals surface area (Å²) in [5.74, 6) is 0.817. The molecule has 1 aromatic heterocycles. The van der Waals surface area contributed by atoms with Crippen LogP contribution in [0.2, 0.25) is 0 Å². The third-order valence-corrected chi connectivity index (χ3v) is 4.47. The Morgan fingerprint density at radius 2 is 1.85 bits per heavy atom. The van der Waals surface area contributed by atoms with Crippen molar-refractivity contribution in [3.63, 3.8) is 0 Å². The third-order valence-electron chi connectivity index (χ3n) is 4.47. The van der Waals surface area contributed by atoms with E-state index >= 15 is 0 Å². The van der Waals surface area contributed by atoms with Crippen molar-refractivity contribution in [2.45, 2.75) is 38.6 Å². The zero-order valence-electron chi connectivity index (χ0n) is 11.6. The van der Waals surface area contributed by atoms with Crippen molar-refractivity contribution in [2.75, 3.05) is 0 Å². The van der Waals surface area contributed by atoms with E-state index in [9.17, 15) is 5.26 Å². The summed E-state index contributed by atoms with van der Waals surface area (Å²) in [6, 6.07) is 10.5. The first kappa shape index (κ1) is 12.8. The summed E-state index contributed by atoms with van der Waals surface area (Å²) in [5, 5.41) is 19.3. The molecule has 1 saturated carbocycles. The van der Waals surface area contributed by atoms with Crippen LogP contribution in [0.5, 0.6) is 0 Å². The number of hydrogen-bond acceptors (Lipinski definition) is 2. The fourth-order valence-corrected chi connectivity index (χ4v) is 3.26. The fraction of sp³-hybridized carbons (Fsp3) is 0.412. The Labute approximate surface area is 119 Å². The molecule has 0 radical (unpaired) electrons. The predicted octanol–water partition coefficient (Wildman–Crippen LogP) is 4.14. The Balaban J connectivity index is 2.09. The van der Waals surface area contributed by atoms with E-state index in [1.807, 2.05) is 12.1 Å². The Kier molecular flexibility index (Phi) is 3.20. The first-order valence-electron chi connectivity index (χ1n) is 7.17. The number of hydrogen-bond donors (Lipinski definition) is 0. The van der Waals surface area contributed by atoms with E-state index in [2.05, 4.69) is 29.8 Å². The van der Waals surface area contributed by atoms with Gasteiger partial charge in [-0.3, -0.25) is 0 Å². The van der Waals surface area contributed by atoms with E-state index in [-0.39, 0.29) is 0 Å². The first-order chi connectivity index (χ1) is 9.72. The topological polar surface area (TPSA) is 52.5 Å². The molecule has 3 nitrogen and oxygen atoms in total. The van der Waals surface area contributed by atoms with Crippen LogP contribution < -0.4 is 0 Å². The van der Waals surface area contributed by atoms with Gasteiger partial charge in [0.15, 0.2) is 0 Å². The summed E-state index contributed by atoms with van der Waals surface area (Å²) in [5.41, 5.74) is 2.19. The van der Waals surface area contributed by atoms with Crippen molar-refractivity contribution in [3.05, 3.63) is 35.5 Å². The van der Waals surface area contributed by atoms with Crippen LogP contribution in [-0.4, -0.2) is 4.57 Å². The fourth-order valence-electron chi connectivity index (χ4n) is 3.26. The van der Waals surface area contributed by atoms with Crippen LogP contribution in [0.15, 0.2) is 24.4 Å². The van der Waals surface area contributed by atoms with Crippen molar-refractivity contribution < 1.29 is 0 Å². The van der Waals surface area contributed by atoms with Crippen LogP contribution in [0.3, 0.4) is 0 Å². The molecule has 3 heteroatoms. The summed E-state index contributed by atoms with van der Waals surface area (Å²) in [6.07, 6.45) is 6.96. The lowest BCUT2D eigenvalue weighted by Crippen LogP contribution is -2.16. The van der Waals surface area contributed by atoms with Crippen LogP contribution >= 0.6 is 0 Å². The molecule has 20 heavy (non-hydrogen) atoms. The normalized spacial score (nSPS) is 22.4. The molecule has 1 aliphatic carbocycles. The molecule has 1 fully saturated rings. The van der Waals surface area contributed by atoms with Gasteiger partial charge in [-0.25, -0.2) is 0 Å². The molecule has 0 unspecified atom stereocenters. The van der Waals surface area contributed by atoms with Crippen LogP contribution in [-0.2, 0) is 0 Å². The number of fused-ring (bicyclic) bond motifs is 1. The Morgan fingerprint density at radius 3 is 2.50 bits per heavy atom. The molecule has 0 N–H and O–H groups in total. The van der Waals surface area contributed by atoms with Gasteiger partial charge in [0, 0.05) is 17.6 Å². The highest BCUT2D eigenvalue weighted by Crippen LogP contribution is 2.35. The molecule has 100 valence electrons. The number of benzene rings is 1. The van der Waals surface area contributed by atoms with E-state index < -0.39 is 0 Å². The highest BCUT2D eigenvalue weighted by atomic mass is 15.0. The number of rotatable bonds is 1. The zero-order chi connectivity index (χ0) is 14.1. The molecule has 0 amide bonds. The molecule has 0 bridgehead atoms. The van der Waals surface area contributed by atoms with E-state index in [4.69, 9.17) is 5.26 Å². The first-order valence-corrected chi connectivity index (χ1v) is 7.17. The van der Waals surface area contributed by atoms with Crippen LogP contribution in [0.1, 0.15) is 49.8 Å². The van der Waals surface area contributed by atoms with Crippen molar-refractivity contribution in [3.8, 4) is 12.1 Å². The molecule has 0 aliphatic heterocycles. The minimum Gasteiger partial charge on any atom is -0.344 e. The maximum absolute atomic E-state index is 9.24. The van der Waals surface area contributed by atoms with Gasteiger partial charge in [0.05, 0.1) is 28.8 Å². The van der Waals surface area contributed by atoms with Crippen molar-refractivity contribution in [1.82, 2.24) is 4.57 Å². The van der Waals surface area contributed by atoms with Gasteiger partial charge in [-0.2, -0.15) is 10.5 Å². The monoisotopic (exact) mass is 263 g/mol. The largest absolute Gasteiger partial charge is 0.344 e. The average molecular weight is 263 g/mol. The highest BCUT2D eigenvalue weighted by Gasteiger charge is 2.21. The van der Waals surface area contributed by atoms with Gasteiger partial charge in [-0.1, -0.05) is 6.92 Å². The molecule has 1 heterocycles. The lowest BCUT2D eigenvalue weighted by atomic mass is 9.87. The summed E-state index contributed by atoms with van der Waals surface area (Å²) in [4.78, 5) is 0. The molecule has 3 rings (SSSR count). The lowest BCUT2D eigenvalue weighted by Gasteiger charge is -2.28. The second-order valence-electron chi connectivity index (χ2n) is 5.82. The zero-order valence-corrected chi connectivity index (χ0v) is 11.6. The van der Waals surface area contributed by atoms with Crippen molar-refractivity contribution >= 4 is 10.9 Å². The summed E-state index contributed by atoms with van der Waals surface area (Å²) < 4.78 is 2.27. The Bertz CT molecular complexity index is 719. The quantitative estimate of drug-likeness (QED) is 0.776. The van der Waals surface area contributed by atoms with E-state index in [0.29, 0.717) is 17.2 Å². The second kappa shape index (κ2) is 5.02. The van der Waals surface area contributed by atoms with Gasteiger partial charge in [-0.05, 0) is 49.8 Å². The molecule has 0 saturated heterocycles. The smallest absolute Gasteiger partial charge is 0.0999 e. The predicted molar refractivity (Wildman–Crippen MR) is 78.0 cm³/mol. The molecule has 0 spiro atoms.